The third kappa shape index (κ3) is 9.17. The minimum atomic E-state index is -3.56. The second-order valence-electron chi connectivity index (χ2n) is 6.27. The van der Waals surface area contributed by atoms with Gasteiger partial charge in [-0.3, -0.25) is 4.99 Å². The minimum Gasteiger partial charge on any atom is -0.383 e. The molecule has 0 bridgehead atoms. The lowest BCUT2D eigenvalue weighted by Gasteiger charge is -2.13. The van der Waals surface area contributed by atoms with E-state index in [-0.39, 0.29) is 35.4 Å². The van der Waals surface area contributed by atoms with E-state index in [1.807, 2.05) is 30.3 Å². The van der Waals surface area contributed by atoms with Crippen molar-refractivity contribution in [3.63, 3.8) is 0 Å². The Balaban J connectivity index is 0.00000450. The van der Waals surface area contributed by atoms with Crippen molar-refractivity contribution in [2.24, 2.45) is 4.99 Å². The van der Waals surface area contributed by atoms with E-state index in [2.05, 4.69) is 20.3 Å². The topological polar surface area (TPSA) is 91.8 Å². The number of benzene rings is 2. The number of hydrogen-bond acceptors (Lipinski definition) is 4. The number of nitrogens with zero attached hydrogens (tertiary/aromatic N) is 1. The zero-order valence-corrected chi connectivity index (χ0v) is 20.9. The molecule has 0 aliphatic carbocycles. The lowest BCUT2D eigenvalue weighted by molar-refractivity contribution is 0.204. The van der Waals surface area contributed by atoms with E-state index in [1.165, 1.54) is 7.11 Å². The lowest BCUT2D eigenvalue weighted by atomic mass is 10.1. The average molecular weight is 567 g/mol. The molecule has 0 fully saturated rings. The molecular formula is C20H28ClIN4O3S. The third-order valence-corrected chi connectivity index (χ3v) is 5.78. The Morgan fingerprint density at radius 3 is 2.50 bits per heavy atom. The summed E-state index contributed by atoms with van der Waals surface area (Å²) in [6.45, 7) is 1.68. The maximum absolute atomic E-state index is 12.3. The molecule has 0 aliphatic heterocycles. The number of aliphatic imine (C=N–C) groups is 1. The van der Waals surface area contributed by atoms with Gasteiger partial charge < -0.3 is 15.4 Å². The van der Waals surface area contributed by atoms with Gasteiger partial charge in [0, 0.05) is 38.8 Å². The Bertz CT molecular complexity index is 926. The Morgan fingerprint density at radius 1 is 1.07 bits per heavy atom. The van der Waals surface area contributed by atoms with Gasteiger partial charge in [-0.15, -0.1) is 24.0 Å². The normalized spacial score (nSPS) is 11.6. The Morgan fingerprint density at radius 2 is 1.80 bits per heavy atom. The summed E-state index contributed by atoms with van der Waals surface area (Å²) in [6, 6.07) is 14.5. The second-order valence-corrected chi connectivity index (χ2v) is 8.47. The molecule has 0 heterocycles. The van der Waals surface area contributed by atoms with Gasteiger partial charge in [0.05, 0.1) is 11.5 Å². The van der Waals surface area contributed by atoms with Crippen molar-refractivity contribution in [3.05, 3.63) is 64.7 Å². The smallest absolute Gasteiger partial charge is 0.240 e. The highest BCUT2D eigenvalue weighted by Crippen LogP contribution is 2.12. The number of methoxy groups -OCH3 is 1. The zero-order chi connectivity index (χ0) is 21.1. The molecule has 10 heteroatoms. The summed E-state index contributed by atoms with van der Waals surface area (Å²) in [6.07, 6.45) is 0.808. The summed E-state index contributed by atoms with van der Waals surface area (Å²) in [4.78, 5) is 4.42. The van der Waals surface area contributed by atoms with E-state index in [1.54, 1.807) is 25.2 Å². The Labute approximate surface area is 200 Å². The maximum atomic E-state index is 12.3. The van der Waals surface area contributed by atoms with Gasteiger partial charge in [0.25, 0.3) is 0 Å². The van der Waals surface area contributed by atoms with E-state index < -0.39 is 10.0 Å². The molecule has 7 nitrogen and oxygen atoms in total. The number of guanidine groups is 1. The van der Waals surface area contributed by atoms with Crippen LogP contribution in [-0.4, -0.2) is 48.2 Å². The van der Waals surface area contributed by atoms with Gasteiger partial charge >= 0.3 is 0 Å². The number of hydrogen-bond donors (Lipinski definition) is 3. The van der Waals surface area contributed by atoms with Crippen LogP contribution in [0.2, 0.25) is 5.02 Å². The van der Waals surface area contributed by atoms with E-state index in [9.17, 15) is 8.42 Å². The van der Waals surface area contributed by atoms with Crippen molar-refractivity contribution in [1.29, 1.82) is 0 Å². The van der Waals surface area contributed by atoms with Gasteiger partial charge in [-0.25, -0.2) is 13.1 Å². The first-order valence-electron chi connectivity index (χ1n) is 9.21. The SMILES string of the molecule is CN=C(NCCc1cccc(Cl)c1)NCc1cccc(S(=O)(=O)NCCOC)c1.I. The predicted molar refractivity (Wildman–Crippen MR) is 132 cm³/mol. The van der Waals surface area contributed by atoms with Crippen LogP contribution in [0.25, 0.3) is 0 Å². The highest BCUT2D eigenvalue weighted by Gasteiger charge is 2.13. The largest absolute Gasteiger partial charge is 0.383 e. The molecule has 0 saturated carbocycles. The molecule has 0 radical (unpaired) electrons. The number of ether oxygens (including phenoxy) is 1. The minimum absolute atomic E-state index is 0. The van der Waals surface area contributed by atoms with Crippen LogP contribution < -0.4 is 15.4 Å². The molecule has 0 unspecified atom stereocenters. The van der Waals surface area contributed by atoms with Gasteiger partial charge in [-0.05, 0) is 41.8 Å². The summed E-state index contributed by atoms with van der Waals surface area (Å²) >= 11 is 6.00. The van der Waals surface area contributed by atoms with Crippen LogP contribution in [-0.2, 0) is 27.7 Å². The summed E-state index contributed by atoms with van der Waals surface area (Å²) in [5, 5.41) is 7.15. The number of rotatable bonds is 10. The molecule has 0 atom stereocenters. The van der Waals surface area contributed by atoms with Crippen LogP contribution in [0, 0.1) is 0 Å². The predicted octanol–water partition coefficient (Wildman–Crippen LogP) is 2.79. The van der Waals surface area contributed by atoms with Crippen molar-refractivity contribution < 1.29 is 13.2 Å². The summed E-state index contributed by atoms with van der Waals surface area (Å²) < 4.78 is 32.0. The second kappa shape index (κ2) is 13.8. The van der Waals surface area contributed by atoms with Crippen molar-refractivity contribution in [3.8, 4) is 0 Å². The lowest BCUT2D eigenvalue weighted by Crippen LogP contribution is -2.37. The summed E-state index contributed by atoms with van der Waals surface area (Å²) in [7, 11) is -0.348. The van der Waals surface area contributed by atoms with Gasteiger partial charge in [0.15, 0.2) is 5.96 Å². The first-order chi connectivity index (χ1) is 13.9. The molecule has 0 amide bonds. The average Bonchev–Trinajstić information content (AvgIpc) is 2.71. The summed E-state index contributed by atoms with van der Waals surface area (Å²) in [5.74, 6) is 0.638. The van der Waals surface area contributed by atoms with Crippen molar-refractivity contribution >= 4 is 51.6 Å². The molecule has 2 rings (SSSR count). The van der Waals surface area contributed by atoms with Gasteiger partial charge in [-0.2, -0.15) is 0 Å². The molecule has 0 spiro atoms. The molecule has 0 aliphatic rings. The molecule has 3 N–H and O–H groups in total. The summed E-state index contributed by atoms with van der Waals surface area (Å²) in [5.41, 5.74) is 1.97. The van der Waals surface area contributed by atoms with Crippen LogP contribution in [0.1, 0.15) is 11.1 Å². The van der Waals surface area contributed by atoms with E-state index in [0.717, 1.165) is 22.6 Å². The van der Waals surface area contributed by atoms with Crippen molar-refractivity contribution in [2.45, 2.75) is 17.9 Å². The standard InChI is InChI=1S/C20H27ClN4O3S.HI/c1-22-20(23-10-9-16-5-3-7-18(21)13-16)24-15-17-6-4-8-19(14-17)29(26,27)25-11-12-28-2;/h3-8,13-14,25H,9-12,15H2,1-2H3,(H2,22,23,24);1H. The molecule has 166 valence electrons. The molecule has 0 saturated heterocycles. The van der Waals surface area contributed by atoms with Crippen LogP contribution in [0.3, 0.4) is 0 Å². The fraction of sp³-hybridized carbons (Fsp3) is 0.350. The fourth-order valence-electron chi connectivity index (χ4n) is 2.61. The Hall–Kier alpha value is -1.40. The van der Waals surface area contributed by atoms with E-state index in [4.69, 9.17) is 16.3 Å². The zero-order valence-electron chi connectivity index (χ0n) is 17.0. The fourth-order valence-corrected chi connectivity index (χ4v) is 3.90. The van der Waals surface area contributed by atoms with Gasteiger partial charge in [0.2, 0.25) is 10.0 Å². The monoisotopic (exact) mass is 566 g/mol. The quantitative estimate of drug-likeness (QED) is 0.178. The van der Waals surface area contributed by atoms with E-state index >= 15 is 0 Å². The number of sulfonamides is 1. The molecule has 0 aromatic heterocycles. The molecular weight excluding hydrogens is 539 g/mol. The van der Waals surface area contributed by atoms with Crippen molar-refractivity contribution in [2.75, 3.05) is 33.9 Å². The molecule has 2 aromatic rings. The third-order valence-electron chi connectivity index (χ3n) is 4.09. The van der Waals surface area contributed by atoms with Crippen LogP contribution in [0.15, 0.2) is 58.4 Å². The maximum Gasteiger partial charge on any atom is 0.240 e. The number of halogens is 2. The first-order valence-corrected chi connectivity index (χ1v) is 11.1. The Kier molecular flexibility index (Phi) is 12.3. The first kappa shape index (κ1) is 26.6. The van der Waals surface area contributed by atoms with Crippen LogP contribution >= 0.6 is 35.6 Å². The van der Waals surface area contributed by atoms with Gasteiger partial charge in [0.1, 0.15) is 0 Å². The van der Waals surface area contributed by atoms with Crippen LogP contribution in [0.4, 0.5) is 0 Å². The highest BCUT2D eigenvalue weighted by atomic mass is 127. The van der Waals surface area contributed by atoms with Crippen molar-refractivity contribution in [1.82, 2.24) is 15.4 Å². The van der Waals surface area contributed by atoms with E-state index in [0.29, 0.717) is 25.7 Å². The molecule has 2 aromatic carbocycles. The molecule has 30 heavy (non-hydrogen) atoms. The number of nitrogens with one attached hydrogen (secondary N) is 3. The highest BCUT2D eigenvalue weighted by molar-refractivity contribution is 14.0. The van der Waals surface area contributed by atoms with Gasteiger partial charge in [-0.1, -0.05) is 35.9 Å². The van der Waals surface area contributed by atoms with Crippen LogP contribution in [0.5, 0.6) is 0 Å².